The van der Waals surface area contributed by atoms with Crippen LogP contribution >= 0.6 is 0 Å². The molecule has 1 aromatic carbocycles. The van der Waals surface area contributed by atoms with Gasteiger partial charge in [0.2, 0.25) is 0 Å². The molecule has 0 radical (unpaired) electrons. The summed E-state index contributed by atoms with van der Waals surface area (Å²) in [4.78, 5) is 11.7. The molecule has 1 fully saturated rings. The molecule has 1 heterocycles. The number of hydrogen-bond acceptors (Lipinski definition) is 4. The Bertz CT molecular complexity index is 627. The molecule has 0 aliphatic heterocycles. The average Bonchev–Trinajstić information content (AvgIpc) is 3.05. The van der Waals surface area contributed by atoms with Gasteiger partial charge < -0.3 is 9.26 Å². The van der Waals surface area contributed by atoms with Crippen molar-refractivity contribution in [2.45, 2.75) is 32.1 Å². The predicted octanol–water partition coefficient (Wildman–Crippen LogP) is 3.65. The van der Waals surface area contributed by atoms with Gasteiger partial charge in [-0.2, -0.15) is 0 Å². The molecule has 0 atom stereocenters. The molecule has 1 N–H and O–H groups in total. The van der Waals surface area contributed by atoms with Crippen LogP contribution in [0.4, 0.5) is 10.5 Å². The van der Waals surface area contributed by atoms with Crippen LogP contribution in [0.2, 0.25) is 0 Å². The Labute approximate surface area is 116 Å². The second kappa shape index (κ2) is 4.67. The van der Waals surface area contributed by atoms with Gasteiger partial charge in [-0.15, -0.1) is 0 Å². The van der Waals surface area contributed by atoms with E-state index >= 15 is 0 Å². The highest BCUT2D eigenvalue weighted by Crippen LogP contribution is 2.47. The Morgan fingerprint density at radius 3 is 2.60 bits per heavy atom. The lowest BCUT2D eigenvalue weighted by Crippen LogP contribution is -2.16. The summed E-state index contributed by atoms with van der Waals surface area (Å²) < 4.78 is 9.91. The Morgan fingerprint density at radius 2 is 2.05 bits per heavy atom. The zero-order valence-electron chi connectivity index (χ0n) is 11.5. The molecule has 3 rings (SSSR count). The van der Waals surface area contributed by atoms with Gasteiger partial charge in [0.1, 0.15) is 6.20 Å². The van der Waals surface area contributed by atoms with Crippen LogP contribution in [0.25, 0.3) is 0 Å². The molecule has 104 valence electrons. The topological polar surface area (TPSA) is 64.4 Å². The Balaban J connectivity index is 1.63. The van der Waals surface area contributed by atoms with Crippen LogP contribution in [0, 0.1) is 6.92 Å². The van der Waals surface area contributed by atoms with E-state index in [1.54, 1.807) is 6.92 Å². The number of benzene rings is 1. The van der Waals surface area contributed by atoms with Crippen molar-refractivity contribution in [1.82, 2.24) is 5.16 Å². The molecule has 0 bridgehead atoms. The third-order valence-electron chi connectivity index (χ3n) is 3.74. The van der Waals surface area contributed by atoms with E-state index in [0.717, 1.165) is 0 Å². The molecule has 1 amide bonds. The largest absolute Gasteiger partial charge is 0.417 e. The predicted molar refractivity (Wildman–Crippen MR) is 73.9 cm³/mol. The summed E-state index contributed by atoms with van der Waals surface area (Å²) in [5.41, 5.74) is 2.35. The second-order valence-electron chi connectivity index (χ2n) is 5.40. The first-order valence-electron chi connectivity index (χ1n) is 6.57. The SMILES string of the molecule is Cc1oncc1OC(=O)Nc1ccc(C2(C)CC2)cc1. The third kappa shape index (κ3) is 2.52. The van der Waals surface area contributed by atoms with Gasteiger partial charge in [-0.05, 0) is 36.0 Å². The third-order valence-corrected chi connectivity index (χ3v) is 3.74. The van der Waals surface area contributed by atoms with Gasteiger partial charge in [-0.25, -0.2) is 4.79 Å². The molecule has 5 nitrogen and oxygen atoms in total. The van der Waals surface area contributed by atoms with E-state index < -0.39 is 6.09 Å². The van der Waals surface area contributed by atoms with Crippen LogP contribution in [-0.4, -0.2) is 11.2 Å². The molecule has 2 aromatic rings. The summed E-state index contributed by atoms with van der Waals surface area (Å²) in [6, 6.07) is 7.88. The summed E-state index contributed by atoms with van der Waals surface area (Å²) in [5.74, 6) is 0.793. The van der Waals surface area contributed by atoms with Crippen LogP contribution in [0.5, 0.6) is 5.75 Å². The molecule has 1 aliphatic carbocycles. The van der Waals surface area contributed by atoms with Crippen molar-refractivity contribution in [2.24, 2.45) is 0 Å². The minimum atomic E-state index is -0.554. The van der Waals surface area contributed by atoms with Gasteiger partial charge in [0.05, 0.1) is 0 Å². The van der Waals surface area contributed by atoms with Gasteiger partial charge in [0.15, 0.2) is 11.5 Å². The number of aryl methyl sites for hydroxylation is 1. The Kier molecular flexibility index (Phi) is 2.97. The van der Waals surface area contributed by atoms with Crippen LogP contribution < -0.4 is 10.1 Å². The van der Waals surface area contributed by atoms with E-state index in [9.17, 15) is 4.79 Å². The number of carbonyl (C=O) groups is 1. The molecule has 0 spiro atoms. The zero-order chi connectivity index (χ0) is 14.2. The van der Waals surface area contributed by atoms with E-state index in [4.69, 9.17) is 9.26 Å². The van der Waals surface area contributed by atoms with Crippen molar-refractivity contribution in [3.05, 3.63) is 41.8 Å². The first-order chi connectivity index (χ1) is 9.57. The van der Waals surface area contributed by atoms with E-state index in [2.05, 4.69) is 17.4 Å². The first-order valence-corrected chi connectivity index (χ1v) is 6.57. The van der Waals surface area contributed by atoms with E-state index in [1.807, 2.05) is 24.3 Å². The highest BCUT2D eigenvalue weighted by molar-refractivity contribution is 5.86. The normalized spacial score (nSPS) is 15.7. The highest BCUT2D eigenvalue weighted by atomic mass is 16.6. The van der Waals surface area contributed by atoms with Crippen molar-refractivity contribution in [3.8, 4) is 5.75 Å². The number of aromatic nitrogens is 1. The van der Waals surface area contributed by atoms with Crippen molar-refractivity contribution in [2.75, 3.05) is 5.32 Å². The molecular formula is C15H16N2O3. The maximum Gasteiger partial charge on any atom is 0.417 e. The lowest BCUT2D eigenvalue weighted by atomic mass is 9.98. The van der Waals surface area contributed by atoms with E-state index in [-0.39, 0.29) is 0 Å². The lowest BCUT2D eigenvalue weighted by Gasteiger charge is -2.10. The minimum absolute atomic E-state index is 0.324. The van der Waals surface area contributed by atoms with Crippen molar-refractivity contribution in [3.63, 3.8) is 0 Å². The summed E-state index contributed by atoms with van der Waals surface area (Å²) in [5, 5.41) is 6.22. The molecule has 1 saturated carbocycles. The number of amides is 1. The average molecular weight is 272 g/mol. The fourth-order valence-corrected chi connectivity index (χ4v) is 2.06. The fraction of sp³-hybridized carbons (Fsp3) is 0.333. The van der Waals surface area contributed by atoms with E-state index in [0.29, 0.717) is 22.6 Å². The molecule has 1 aromatic heterocycles. The number of hydrogen-bond donors (Lipinski definition) is 1. The molecular weight excluding hydrogens is 256 g/mol. The van der Waals surface area contributed by atoms with Gasteiger partial charge in [0.25, 0.3) is 0 Å². The van der Waals surface area contributed by atoms with Gasteiger partial charge in [0, 0.05) is 12.6 Å². The standard InChI is InChI=1S/C15H16N2O3/c1-10-13(9-16-20-10)19-14(18)17-12-5-3-11(4-6-12)15(2)7-8-15/h3-6,9H,7-8H2,1-2H3,(H,17,18). The van der Waals surface area contributed by atoms with Gasteiger partial charge in [-0.1, -0.05) is 24.2 Å². The maximum atomic E-state index is 11.7. The number of nitrogens with one attached hydrogen (secondary N) is 1. The smallest absolute Gasteiger partial charge is 0.405 e. The monoisotopic (exact) mass is 272 g/mol. The van der Waals surface area contributed by atoms with Crippen LogP contribution in [0.3, 0.4) is 0 Å². The van der Waals surface area contributed by atoms with Crippen molar-refractivity contribution in [1.29, 1.82) is 0 Å². The molecule has 5 heteroatoms. The summed E-state index contributed by atoms with van der Waals surface area (Å²) in [7, 11) is 0. The van der Waals surface area contributed by atoms with Crippen LogP contribution in [0.1, 0.15) is 31.1 Å². The Morgan fingerprint density at radius 1 is 1.35 bits per heavy atom. The van der Waals surface area contributed by atoms with Crippen LogP contribution in [0.15, 0.2) is 35.0 Å². The minimum Gasteiger partial charge on any atom is -0.405 e. The summed E-state index contributed by atoms with van der Waals surface area (Å²) in [6.45, 7) is 3.93. The van der Waals surface area contributed by atoms with Crippen LogP contribution in [-0.2, 0) is 5.41 Å². The molecule has 1 aliphatic rings. The summed E-state index contributed by atoms with van der Waals surface area (Å²) >= 11 is 0. The number of rotatable bonds is 3. The maximum absolute atomic E-state index is 11.7. The fourth-order valence-electron chi connectivity index (χ4n) is 2.06. The van der Waals surface area contributed by atoms with Crippen molar-refractivity contribution < 1.29 is 14.1 Å². The van der Waals surface area contributed by atoms with Crippen molar-refractivity contribution >= 4 is 11.8 Å². The first kappa shape index (κ1) is 12.7. The van der Waals surface area contributed by atoms with E-state index in [1.165, 1.54) is 24.6 Å². The molecule has 20 heavy (non-hydrogen) atoms. The Hall–Kier alpha value is -2.30. The number of nitrogens with zero attached hydrogens (tertiary/aromatic N) is 1. The summed E-state index contributed by atoms with van der Waals surface area (Å²) in [6.07, 6.45) is 3.27. The highest BCUT2D eigenvalue weighted by Gasteiger charge is 2.38. The number of ether oxygens (including phenoxy) is 1. The molecule has 0 saturated heterocycles. The zero-order valence-corrected chi connectivity index (χ0v) is 11.5. The number of anilines is 1. The molecule has 0 unspecified atom stereocenters. The lowest BCUT2D eigenvalue weighted by molar-refractivity contribution is 0.214. The number of carbonyl (C=O) groups excluding carboxylic acids is 1. The van der Waals surface area contributed by atoms with Gasteiger partial charge >= 0.3 is 6.09 Å². The van der Waals surface area contributed by atoms with Gasteiger partial charge in [-0.3, -0.25) is 5.32 Å². The quantitative estimate of drug-likeness (QED) is 0.926. The second-order valence-corrected chi connectivity index (χ2v) is 5.40.